The lowest BCUT2D eigenvalue weighted by atomic mass is 9.89. The van der Waals surface area contributed by atoms with Crippen LogP contribution in [0.2, 0.25) is 0 Å². The van der Waals surface area contributed by atoms with E-state index in [2.05, 4.69) is 36.5 Å². The number of benzene rings is 1. The molecule has 1 fully saturated rings. The predicted octanol–water partition coefficient (Wildman–Crippen LogP) is 1.84. The van der Waals surface area contributed by atoms with Gasteiger partial charge in [-0.15, -0.1) is 0 Å². The van der Waals surface area contributed by atoms with Gasteiger partial charge in [0.25, 0.3) is 0 Å². The monoisotopic (exact) mass is 362 g/mol. The minimum atomic E-state index is -1.07. The Kier molecular flexibility index (Phi) is 7.60. The number of nitrogens with zero attached hydrogens (tertiary/aromatic N) is 1. The van der Waals surface area contributed by atoms with Crippen LogP contribution < -0.4 is 5.32 Å². The lowest BCUT2D eigenvalue weighted by Crippen LogP contribution is -2.54. The van der Waals surface area contributed by atoms with Gasteiger partial charge in [-0.1, -0.05) is 37.6 Å². The maximum atomic E-state index is 12.4. The number of aryl methyl sites for hydroxylation is 1. The number of piperidine rings is 1. The Morgan fingerprint density at radius 2 is 1.85 bits per heavy atom. The van der Waals surface area contributed by atoms with Gasteiger partial charge < -0.3 is 20.4 Å². The number of hydrogen-bond donors (Lipinski definition) is 3. The minimum absolute atomic E-state index is 0.366. The van der Waals surface area contributed by atoms with Gasteiger partial charge in [-0.05, 0) is 43.2 Å². The number of likely N-dealkylation sites (tertiary alicyclic amines) is 1. The van der Waals surface area contributed by atoms with Crippen LogP contribution in [-0.2, 0) is 11.2 Å². The van der Waals surface area contributed by atoms with Crippen molar-refractivity contribution in [3.63, 3.8) is 0 Å². The molecule has 1 saturated heterocycles. The molecule has 2 rings (SSSR count). The molecule has 0 unspecified atom stereocenters. The van der Waals surface area contributed by atoms with Crippen molar-refractivity contribution in [3.8, 4) is 0 Å². The molecule has 1 aliphatic rings. The van der Waals surface area contributed by atoms with E-state index < -0.39 is 24.5 Å². The fraction of sp³-hybridized carbons (Fsp3) is 0.600. The second kappa shape index (κ2) is 9.69. The van der Waals surface area contributed by atoms with Crippen molar-refractivity contribution in [2.24, 2.45) is 0 Å². The van der Waals surface area contributed by atoms with E-state index in [4.69, 9.17) is 5.11 Å². The number of amides is 2. The number of ketones is 1. The Morgan fingerprint density at radius 1 is 1.23 bits per heavy atom. The molecule has 1 heterocycles. The molecule has 2 amide bonds. The molecule has 1 aromatic rings. The van der Waals surface area contributed by atoms with Crippen LogP contribution in [0.3, 0.4) is 0 Å². The zero-order valence-electron chi connectivity index (χ0n) is 15.6. The molecular formula is C20H30N2O4. The van der Waals surface area contributed by atoms with Crippen molar-refractivity contribution in [1.29, 1.82) is 0 Å². The van der Waals surface area contributed by atoms with E-state index in [1.165, 1.54) is 18.1 Å². The molecule has 6 nitrogen and oxygen atoms in total. The molecule has 6 heteroatoms. The summed E-state index contributed by atoms with van der Waals surface area (Å²) in [6.45, 7) is 4.10. The lowest BCUT2D eigenvalue weighted by Gasteiger charge is -2.33. The molecule has 1 aliphatic heterocycles. The summed E-state index contributed by atoms with van der Waals surface area (Å²) < 4.78 is 0. The van der Waals surface area contributed by atoms with E-state index in [1.54, 1.807) is 4.90 Å². The number of aliphatic hydroxyl groups is 2. The number of aliphatic hydroxyl groups excluding tert-OH is 2. The molecule has 144 valence electrons. The normalized spacial score (nSPS) is 17.6. The van der Waals surface area contributed by atoms with Gasteiger partial charge in [-0.25, -0.2) is 4.79 Å². The maximum Gasteiger partial charge on any atom is 0.318 e. The van der Waals surface area contributed by atoms with Gasteiger partial charge in [0.05, 0.1) is 6.10 Å². The molecule has 0 aliphatic carbocycles. The standard InChI is InChI=1S/C20H30N2O4/c1-3-4-15-5-7-16(8-6-15)17-9-11-22(12-10-17)20(26)21-19(14(2)24)18(25)13-23/h5-8,14,17,19,23-24H,3-4,9-13H2,1-2H3,(H,21,26)/t14-,19+/m1/s1. The number of hydrogen-bond acceptors (Lipinski definition) is 4. The molecule has 2 atom stereocenters. The molecule has 3 N–H and O–H groups in total. The smallest absolute Gasteiger partial charge is 0.318 e. The summed E-state index contributed by atoms with van der Waals surface area (Å²) in [5.74, 6) is -0.156. The first kappa shape index (κ1) is 20.4. The predicted molar refractivity (Wildman–Crippen MR) is 100 cm³/mol. The van der Waals surface area contributed by atoms with E-state index in [9.17, 15) is 14.7 Å². The van der Waals surface area contributed by atoms with Gasteiger partial charge >= 0.3 is 6.03 Å². The van der Waals surface area contributed by atoms with Crippen LogP contribution in [0.25, 0.3) is 0 Å². The van der Waals surface area contributed by atoms with Gasteiger partial charge in [0.15, 0.2) is 5.78 Å². The zero-order chi connectivity index (χ0) is 19.1. The number of nitrogens with one attached hydrogen (secondary N) is 1. The number of carbonyl (C=O) groups is 2. The average molecular weight is 362 g/mol. The third-order valence-electron chi connectivity index (χ3n) is 5.04. The van der Waals surface area contributed by atoms with Crippen LogP contribution in [0.1, 0.15) is 50.2 Å². The van der Waals surface area contributed by atoms with Crippen LogP contribution in [0.15, 0.2) is 24.3 Å². The van der Waals surface area contributed by atoms with Gasteiger partial charge in [-0.3, -0.25) is 4.79 Å². The third-order valence-corrected chi connectivity index (χ3v) is 5.04. The highest BCUT2D eigenvalue weighted by molar-refractivity contribution is 5.89. The Balaban J connectivity index is 1.88. The van der Waals surface area contributed by atoms with Crippen LogP contribution in [0.5, 0.6) is 0 Å². The molecule has 0 saturated carbocycles. The number of urea groups is 1. The van der Waals surface area contributed by atoms with E-state index in [1.807, 2.05) is 0 Å². The van der Waals surface area contributed by atoms with E-state index in [0.717, 1.165) is 25.7 Å². The van der Waals surface area contributed by atoms with E-state index >= 15 is 0 Å². The summed E-state index contributed by atoms with van der Waals surface area (Å²) in [7, 11) is 0. The first-order valence-corrected chi connectivity index (χ1v) is 9.42. The SMILES string of the molecule is CCCc1ccc(C2CCN(C(=O)N[C@H](C(=O)CO)[C@@H](C)O)CC2)cc1. The highest BCUT2D eigenvalue weighted by Gasteiger charge is 2.29. The summed E-state index contributed by atoms with van der Waals surface area (Å²) >= 11 is 0. The highest BCUT2D eigenvalue weighted by Crippen LogP contribution is 2.28. The summed E-state index contributed by atoms with van der Waals surface area (Å²) in [5.41, 5.74) is 2.66. The van der Waals surface area contributed by atoms with E-state index in [0.29, 0.717) is 19.0 Å². The largest absolute Gasteiger partial charge is 0.391 e. The molecular weight excluding hydrogens is 332 g/mol. The van der Waals surface area contributed by atoms with Crippen LogP contribution in [0.4, 0.5) is 4.79 Å². The quantitative estimate of drug-likeness (QED) is 0.690. The molecule has 26 heavy (non-hydrogen) atoms. The van der Waals surface area contributed by atoms with Crippen LogP contribution >= 0.6 is 0 Å². The molecule has 0 bridgehead atoms. The maximum absolute atomic E-state index is 12.4. The van der Waals surface area contributed by atoms with Crippen LogP contribution in [0, 0.1) is 0 Å². The topological polar surface area (TPSA) is 89.9 Å². The molecule has 0 radical (unpaired) electrons. The van der Waals surface area contributed by atoms with Crippen molar-refractivity contribution in [1.82, 2.24) is 10.2 Å². The van der Waals surface area contributed by atoms with Crippen LogP contribution in [-0.4, -0.2) is 58.8 Å². The van der Waals surface area contributed by atoms with Crippen molar-refractivity contribution in [3.05, 3.63) is 35.4 Å². The average Bonchev–Trinajstić information content (AvgIpc) is 2.66. The van der Waals surface area contributed by atoms with E-state index in [-0.39, 0.29) is 6.03 Å². The van der Waals surface area contributed by atoms with Crippen molar-refractivity contribution in [2.75, 3.05) is 19.7 Å². The molecule has 0 aromatic heterocycles. The number of Topliss-reactive ketones (excluding diaryl/α,β-unsaturated/α-hetero) is 1. The molecule has 1 aromatic carbocycles. The second-order valence-corrected chi connectivity index (χ2v) is 7.05. The fourth-order valence-electron chi connectivity index (χ4n) is 3.45. The summed E-state index contributed by atoms with van der Waals surface area (Å²) in [6.07, 6.45) is 2.93. The van der Waals surface area contributed by atoms with Gasteiger partial charge in [0, 0.05) is 13.1 Å². The number of rotatable bonds is 7. The Labute approximate surface area is 155 Å². The van der Waals surface area contributed by atoms with Crippen molar-refractivity contribution < 1.29 is 19.8 Å². The highest BCUT2D eigenvalue weighted by atomic mass is 16.3. The Morgan fingerprint density at radius 3 is 2.35 bits per heavy atom. The van der Waals surface area contributed by atoms with Gasteiger partial charge in [0.1, 0.15) is 12.6 Å². The Bertz CT molecular complexity index is 592. The van der Waals surface area contributed by atoms with Gasteiger partial charge in [0.2, 0.25) is 0 Å². The first-order valence-electron chi connectivity index (χ1n) is 9.42. The van der Waals surface area contributed by atoms with Crippen molar-refractivity contribution >= 4 is 11.8 Å². The summed E-state index contributed by atoms with van der Waals surface area (Å²) in [6, 6.07) is 7.31. The first-order chi connectivity index (χ1) is 12.5. The number of carbonyl (C=O) groups excluding carboxylic acids is 2. The zero-order valence-corrected chi connectivity index (χ0v) is 15.6. The molecule has 0 spiro atoms. The van der Waals surface area contributed by atoms with Crippen molar-refractivity contribution in [2.45, 2.75) is 57.6 Å². The minimum Gasteiger partial charge on any atom is -0.391 e. The fourth-order valence-corrected chi connectivity index (χ4v) is 3.45. The van der Waals surface area contributed by atoms with Gasteiger partial charge in [-0.2, -0.15) is 0 Å². The Hall–Kier alpha value is -1.92. The third kappa shape index (κ3) is 5.29. The lowest BCUT2D eigenvalue weighted by molar-refractivity contribution is -0.125. The summed E-state index contributed by atoms with van der Waals surface area (Å²) in [5, 5.41) is 21.2. The summed E-state index contributed by atoms with van der Waals surface area (Å²) in [4.78, 5) is 25.7. The second-order valence-electron chi connectivity index (χ2n) is 7.05.